The predicted octanol–water partition coefficient (Wildman–Crippen LogP) is 1.48. The second-order valence-electron chi connectivity index (χ2n) is 6.01. The fraction of sp³-hybridized carbons (Fsp3) is 0.412. The number of carbonyl (C=O) groups excluding carboxylic acids is 1. The van der Waals surface area contributed by atoms with E-state index in [4.69, 9.17) is 15.9 Å². The van der Waals surface area contributed by atoms with Crippen LogP contribution in [0.5, 0.6) is 0 Å². The molecule has 0 amide bonds. The molecule has 0 saturated carbocycles. The molecule has 2 fully saturated rings. The first kappa shape index (κ1) is 14.9. The summed E-state index contributed by atoms with van der Waals surface area (Å²) in [4.78, 5) is 12.0. The minimum Gasteiger partial charge on any atom is -0.396 e. The molecule has 0 spiro atoms. The van der Waals surface area contributed by atoms with Crippen LogP contribution in [0.4, 0.5) is 0 Å². The Hall–Kier alpha value is -1.98. The van der Waals surface area contributed by atoms with Gasteiger partial charge >= 0.3 is 0 Å². The fourth-order valence-corrected chi connectivity index (χ4v) is 3.08. The van der Waals surface area contributed by atoms with Crippen molar-refractivity contribution in [2.75, 3.05) is 6.54 Å². The molecule has 5 heteroatoms. The third kappa shape index (κ3) is 2.82. The third-order valence-electron chi connectivity index (χ3n) is 4.44. The number of allylic oxidation sites excluding steroid dienone is 2. The van der Waals surface area contributed by atoms with Crippen LogP contribution < -0.4 is 11.1 Å². The van der Waals surface area contributed by atoms with Gasteiger partial charge in [-0.1, -0.05) is 24.3 Å². The molecule has 2 aliphatic heterocycles. The number of hydrogen-bond donors (Lipinski definition) is 3. The molecule has 2 heterocycles. The van der Waals surface area contributed by atoms with Crippen molar-refractivity contribution in [3.8, 4) is 0 Å². The third-order valence-corrected chi connectivity index (χ3v) is 4.44. The number of rotatable bonds is 5. The molecule has 2 bridgehead atoms. The Kier molecular flexibility index (Phi) is 4.09. The maximum absolute atomic E-state index is 12.0. The number of ketones is 1. The Bertz CT molecular complexity index is 621. The molecule has 2 saturated heterocycles. The number of fused-ring (bicyclic) bond motifs is 2. The number of morpholine rings is 1. The highest BCUT2D eigenvalue weighted by molar-refractivity contribution is 6.00. The smallest absolute Gasteiger partial charge is 0.183 e. The van der Waals surface area contributed by atoms with Crippen molar-refractivity contribution in [3.63, 3.8) is 0 Å². The summed E-state index contributed by atoms with van der Waals surface area (Å²) in [5.41, 5.74) is 8.48. The summed E-state index contributed by atoms with van der Waals surface area (Å²) in [6.45, 7) is 2.62. The summed E-state index contributed by atoms with van der Waals surface area (Å²) in [7, 11) is 0. The van der Waals surface area contributed by atoms with Crippen LogP contribution in [0, 0.1) is 5.41 Å². The van der Waals surface area contributed by atoms with Crippen molar-refractivity contribution >= 4 is 12.0 Å². The van der Waals surface area contributed by atoms with Gasteiger partial charge in [-0.05, 0) is 30.0 Å². The molecule has 22 heavy (non-hydrogen) atoms. The van der Waals surface area contributed by atoms with E-state index in [0.29, 0.717) is 17.7 Å². The van der Waals surface area contributed by atoms with Crippen molar-refractivity contribution < 1.29 is 9.53 Å². The standard InChI is InChI=1S/C17H21N3O2/c1-10(8-18)16(19)15(21)6-11-2-4-12(5-3-11)17-14-7-13(22-17)9-20-14/h2-5,8,13-14,17-18,20H,6-7,9,19H2,1H3/b16-10-,18-8?/t13-,14-,17+/m0/s1. The van der Waals surface area contributed by atoms with Gasteiger partial charge in [0.2, 0.25) is 0 Å². The van der Waals surface area contributed by atoms with E-state index in [1.807, 2.05) is 24.3 Å². The van der Waals surface area contributed by atoms with Crippen LogP contribution in [0.15, 0.2) is 35.5 Å². The molecular weight excluding hydrogens is 278 g/mol. The highest BCUT2D eigenvalue weighted by Crippen LogP contribution is 2.36. The van der Waals surface area contributed by atoms with Gasteiger partial charge in [0.25, 0.3) is 0 Å². The van der Waals surface area contributed by atoms with Crippen LogP contribution in [0.2, 0.25) is 0 Å². The monoisotopic (exact) mass is 299 g/mol. The number of ether oxygens (including phenoxy) is 1. The van der Waals surface area contributed by atoms with E-state index in [1.165, 1.54) is 0 Å². The Morgan fingerprint density at radius 1 is 1.45 bits per heavy atom. The van der Waals surface area contributed by atoms with Gasteiger partial charge in [0.1, 0.15) is 0 Å². The lowest BCUT2D eigenvalue weighted by Crippen LogP contribution is -2.33. The van der Waals surface area contributed by atoms with Crippen molar-refractivity contribution in [2.45, 2.75) is 38.0 Å². The molecular formula is C17H21N3O2. The Morgan fingerprint density at radius 3 is 2.73 bits per heavy atom. The quantitative estimate of drug-likeness (QED) is 0.567. The van der Waals surface area contributed by atoms with E-state index in [9.17, 15) is 4.79 Å². The fourth-order valence-electron chi connectivity index (χ4n) is 3.08. The number of nitrogens with one attached hydrogen (secondary N) is 2. The van der Waals surface area contributed by atoms with Gasteiger partial charge in [-0.15, -0.1) is 0 Å². The zero-order valence-corrected chi connectivity index (χ0v) is 12.6. The van der Waals surface area contributed by atoms with Gasteiger partial charge in [-0.2, -0.15) is 0 Å². The van der Waals surface area contributed by atoms with Gasteiger partial charge in [0.15, 0.2) is 5.78 Å². The first-order valence-corrected chi connectivity index (χ1v) is 7.56. The van der Waals surface area contributed by atoms with Crippen molar-refractivity contribution in [3.05, 3.63) is 46.7 Å². The maximum atomic E-state index is 12.0. The molecule has 0 aromatic heterocycles. The molecule has 0 unspecified atom stereocenters. The lowest BCUT2D eigenvalue weighted by Gasteiger charge is -2.23. The molecule has 0 radical (unpaired) electrons. The van der Waals surface area contributed by atoms with E-state index in [0.717, 1.165) is 30.3 Å². The number of Topliss-reactive ketones (excluding diaryl/α,β-unsaturated/α-hetero) is 1. The summed E-state index contributed by atoms with van der Waals surface area (Å²) in [6.07, 6.45) is 2.90. The minimum atomic E-state index is -0.147. The van der Waals surface area contributed by atoms with Crippen LogP contribution in [0.25, 0.3) is 0 Å². The molecule has 1 aromatic carbocycles. The Balaban J connectivity index is 1.67. The molecule has 2 aliphatic rings. The zero-order valence-electron chi connectivity index (χ0n) is 12.6. The molecule has 3 rings (SSSR count). The van der Waals surface area contributed by atoms with Crippen LogP contribution in [0.3, 0.4) is 0 Å². The number of carbonyl (C=O) groups is 1. The molecule has 0 aliphatic carbocycles. The Morgan fingerprint density at radius 2 is 2.18 bits per heavy atom. The maximum Gasteiger partial charge on any atom is 0.183 e. The Labute approximate surface area is 130 Å². The molecule has 4 N–H and O–H groups in total. The van der Waals surface area contributed by atoms with E-state index < -0.39 is 0 Å². The summed E-state index contributed by atoms with van der Waals surface area (Å²) < 4.78 is 5.97. The van der Waals surface area contributed by atoms with Crippen LogP contribution in [-0.2, 0) is 16.0 Å². The first-order valence-electron chi connectivity index (χ1n) is 7.56. The molecule has 1 aromatic rings. The van der Waals surface area contributed by atoms with Crippen LogP contribution in [-0.4, -0.2) is 30.7 Å². The van der Waals surface area contributed by atoms with Gasteiger partial charge in [0, 0.05) is 25.2 Å². The van der Waals surface area contributed by atoms with E-state index in [1.54, 1.807) is 6.92 Å². The number of nitrogens with two attached hydrogens (primary N) is 1. The summed E-state index contributed by atoms with van der Waals surface area (Å²) in [5.74, 6) is -0.147. The topological polar surface area (TPSA) is 88.2 Å². The highest BCUT2D eigenvalue weighted by atomic mass is 16.5. The van der Waals surface area contributed by atoms with Gasteiger partial charge < -0.3 is 21.2 Å². The second-order valence-corrected chi connectivity index (χ2v) is 6.01. The second kappa shape index (κ2) is 6.02. The zero-order chi connectivity index (χ0) is 15.7. The van der Waals surface area contributed by atoms with Crippen LogP contribution in [0.1, 0.15) is 30.6 Å². The van der Waals surface area contributed by atoms with Crippen LogP contribution >= 0.6 is 0 Å². The van der Waals surface area contributed by atoms with Crippen molar-refractivity contribution in [2.24, 2.45) is 5.73 Å². The molecule has 3 atom stereocenters. The lowest BCUT2D eigenvalue weighted by molar-refractivity contribution is -0.115. The number of hydrogen-bond acceptors (Lipinski definition) is 5. The number of benzene rings is 1. The normalized spacial score (nSPS) is 27.6. The largest absolute Gasteiger partial charge is 0.396 e. The first-order chi connectivity index (χ1) is 10.6. The minimum absolute atomic E-state index is 0.119. The summed E-state index contributed by atoms with van der Waals surface area (Å²) in [6, 6.07) is 8.37. The van der Waals surface area contributed by atoms with Gasteiger partial charge in [-0.25, -0.2) is 0 Å². The predicted molar refractivity (Wildman–Crippen MR) is 84.8 cm³/mol. The van der Waals surface area contributed by atoms with Crippen molar-refractivity contribution in [1.82, 2.24) is 5.32 Å². The average Bonchev–Trinajstić information content (AvgIpc) is 3.17. The van der Waals surface area contributed by atoms with Crippen molar-refractivity contribution in [1.29, 1.82) is 5.41 Å². The summed E-state index contributed by atoms with van der Waals surface area (Å²) in [5, 5.41) is 10.6. The van der Waals surface area contributed by atoms with Gasteiger partial charge in [-0.3, -0.25) is 4.79 Å². The molecule has 116 valence electrons. The van der Waals surface area contributed by atoms with E-state index in [-0.39, 0.29) is 24.0 Å². The average molecular weight is 299 g/mol. The van der Waals surface area contributed by atoms with E-state index >= 15 is 0 Å². The SMILES string of the molecule is C/C(C=N)=C(/N)C(=O)Cc1ccc([C@H]2O[C@@H]3CN[C@H]2C3)cc1. The highest BCUT2D eigenvalue weighted by Gasteiger charge is 2.41. The molecule has 5 nitrogen and oxygen atoms in total. The summed E-state index contributed by atoms with van der Waals surface area (Å²) >= 11 is 0. The van der Waals surface area contributed by atoms with Gasteiger partial charge in [0.05, 0.1) is 17.9 Å². The van der Waals surface area contributed by atoms with E-state index in [2.05, 4.69) is 5.32 Å². The lowest BCUT2D eigenvalue weighted by atomic mass is 9.99.